The van der Waals surface area contributed by atoms with Gasteiger partial charge in [0.25, 0.3) is 0 Å². The van der Waals surface area contributed by atoms with Crippen LogP contribution >= 0.6 is 0 Å². The summed E-state index contributed by atoms with van der Waals surface area (Å²) in [4.78, 5) is 0.161. The summed E-state index contributed by atoms with van der Waals surface area (Å²) in [6, 6.07) is -0.0545. The molecule has 1 atom stereocenters. The summed E-state index contributed by atoms with van der Waals surface area (Å²) in [5.41, 5.74) is 0. The molecule has 0 saturated carbocycles. The summed E-state index contributed by atoms with van der Waals surface area (Å²) in [5, 5.41) is 12.6. The van der Waals surface area contributed by atoms with Gasteiger partial charge in [0.15, 0.2) is 0 Å². The van der Waals surface area contributed by atoms with Crippen LogP contribution in [0.1, 0.15) is 20.3 Å². The summed E-state index contributed by atoms with van der Waals surface area (Å²) in [7, 11) is -1.92. The predicted molar refractivity (Wildman–Crippen MR) is 64.0 cm³/mol. The molecule has 98 valence electrons. The van der Waals surface area contributed by atoms with Gasteiger partial charge in [-0.3, -0.25) is 4.68 Å². The second-order valence-electron chi connectivity index (χ2n) is 3.94. The van der Waals surface area contributed by atoms with Gasteiger partial charge < -0.3 is 5.11 Å². The van der Waals surface area contributed by atoms with Crippen molar-refractivity contribution < 1.29 is 13.5 Å². The molecule has 1 rings (SSSR count). The predicted octanol–water partition coefficient (Wildman–Crippen LogP) is 0.294. The normalized spacial score (nSPS) is 14.2. The van der Waals surface area contributed by atoms with Gasteiger partial charge in [-0.25, -0.2) is 8.42 Å². The molecule has 0 aliphatic heterocycles. The van der Waals surface area contributed by atoms with E-state index in [1.165, 1.54) is 21.4 Å². The minimum absolute atomic E-state index is 0.0545. The number of hydrogen-bond donors (Lipinski definition) is 1. The lowest BCUT2D eigenvalue weighted by atomic mass is 10.3. The number of aliphatic hydroxyl groups is 1. The fraction of sp³-hybridized carbons (Fsp3) is 0.700. The number of rotatable bonds is 6. The van der Waals surface area contributed by atoms with Crippen LogP contribution in [0.5, 0.6) is 0 Å². The molecule has 0 amide bonds. The van der Waals surface area contributed by atoms with Crippen LogP contribution in [0, 0.1) is 0 Å². The summed E-state index contributed by atoms with van der Waals surface area (Å²) in [5.74, 6) is 0. The Balaban J connectivity index is 2.96. The fourth-order valence-electron chi connectivity index (χ4n) is 1.36. The van der Waals surface area contributed by atoms with Gasteiger partial charge in [0.05, 0.1) is 19.3 Å². The first-order chi connectivity index (χ1) is 7.93. The number of aliphatic hydroxyl groups excluding tert-OH is 1. The van der Waals surface area contributed by atoms with E-state index < -0.39 is 10.0 Å². The van der Waals surface area contributed by atoms with Crippen molar-refractivity contribution in [2.24, 2.45) is 0 Å². The maximum atomic E-state index is 12.2. The monoisotopic (exact) mass is 261 g/mol. The summed E-state index contributed by atoms with van der Waals surface area (Å²) in [6.07, 6.45) is 3.49. The lowest BCUT2D eigenvalue weighted by Crippen LogP contribution is -2.34. The van der Waals surface area contributed by atoms with Crippen LogP contribution in [0.15, 0.2) is 17.3 Å². The molecule has 1 aromatic heterocycles. The minimum atomic E-state index is -3.48. The third-order valence-electron chi connectivity index (χ3n) is 2.83. The second kappa shape index (κ2) is 5.61. The van der Waals surface area contributed by atoms with Gasteiger partial charge in [0, 0.05) is 19.3 Å². The Bertz CT molecular complexity index is 455. The smallest absolute Gasteiger partial charge is 0.246 e. The molecule has 17 heavy (non-hydrogen) atoms. The van der Waals surface area contributed by atoms with E-state index >= 15 is 0 Å². The molecule has 0 aliphatic carbocycles. The van der Waals surface area contributed by atoms with Crippen molar-refractivity contribution >= 4 is 10.0 Å². The molecule has 6 nitrogen and oxygen atoms in total. The highest BCUT2D eigenvalue weighted by Crippen LogP contribution is 2.16. The van der Waals surface area contributed by atoms with E-state index in [2.05, 4.69) is 5.10 Å². The van der Waals surface area contributed by atoms with Crippen LogP contribution in [0.2, 0.25) is 0 Å². The van der Waals surface area contributed by atoms with Crippen LogP contribution in [0.25, 0.3) is 0 Å². The van der Waals surface area contributed by atoms with Crippen molar-refractivity contribution in [3.8, 4) is 0 Å². The SMILES string of the molecule is CCC(C)N(C)S(=O)(=O)c1cnn(CCO)c1. The Kier molecular flexibility index (Phi) is 4.67. The van der Waals surface area contributed by atoms with Crippen LogP contribution in [0.3, 0.4) is 0 Å². The molecule has 0 saturated heterocycles. The standard InChI is InChI=1S/C10H19N3O3S/c1-4-9(2)12(3)17(15,16)10-7-11-13(8-10)5-6-14/h7-9,14H,4-6H2,1-3H3. The molecular weight excluding hydrogens is 242 g/mol. The molecule has 0 radical (unpaired) electrons. The van der Waals surface area contributed by atoms with Gasteiger partial charge in [-0.2, -0.15) is 9.40 Å². The largest absolute Gasteiger partial charge is 0.394 e. The molecule has 0 aromatic carbocycles. The maximum Gasteiger partial charge on any atom is 0.246 e. The number of hydrogen-bond acceptors (Lipinski definition) is 4. The van der Waals surface area contributed by atoms with Crippen molar-refractivity contribution in [2.75, 3.05) is 13.7 Å². The highest BCUT2D eigenvalue weighted by atomic mass is 32.2. The average molecular weight is 261 g/mol. The zero-order valence-corrected chi connectivity index (χ0v) is 11.2. The molecular formula is C10H19N3O3S. The highest BCUT2D eigenvalue weighted by molar-refractivity contribution is 7.89. The summed E-state index contributed by atoms with van der Waals surface area (Å²) >= 11 is 0. The molecule has 0 fully saturated rings. The summed E-state index contributed by atoms with van der Waals surface area (Å²) in [6.45, 7) is 4.02. The molecule has 1 unspecified atom stereocenters. The van der Waals surface area contributed by atoms with Crippen LogP contribution < -0.4 is 0 Å². The third-order valence-corrected chi connectivity index (χ3v) is 4.75. The molecule has 0 bridgehead atoms. The van der Waals surface area contributed by atoms with E-state index in [4.69, 9.17) is 5.11 Å². The van der Waals surface area contributed by atoms with Gasteiger partial charge in [0.2, 0.25) is 10.0 Å². The Morgan fingerprint density at radius 2 is 2.24 bits per heavy atom. The number of nitrogens with zero attached hydrogens (tertiary/aromatic N) is 3. The van der Waals surface area contributed by atoms with Crippen molar-refractivity contribution in [3.05, 3.63) is 12.4 Å². The number of sulfonamides is 1. The van der Waals surface area contributed by atoms with E-state index in [9.17, 15) is 8.42 Å². The average Bonchev–Trinajstić information content (AvgIpc) is 2.76. The van der Waals surface area contributed by atoms with E-state index in [0.29, 0.717) is 6.54 Å². The van der Waals surface area contributed by atoms with Gasteiger partial charge in [-0.1, -0.05) is 6.92 Å². The number of aromatic nitrogens is 2. The van der Waals surface area contributed by atoms with Crippen molar-refractivity contribution in [2.45, 2.75) is 37.8 Å². The third kappa shape index (κ3) is 3.05. The van der Waals surface area contributed by atoms with Gasteiger partial charge >= 0.3 is 0 Å². The first-order valence-corrected chi connectivity index (χ1v) is 6.98. The molecule has 1 aromatic rings. The Morgan fingerprint density at radius 3 is 2.76 bits per heavy atom. The first-order valence-electron chi connectivity index (χ1n) is 5.54. The van der Waals surface area contributed by atoms with Crippen LogP contribution in [0.4, 0.5) is 0 Å². The molecule has 0 spiro atoms. The van der Waals surface area contributed by atoms with Crippen molar-refractivity contribution in [1.29, 1.82) is 0 Å². The minimum Gasteiger partial charge on any atom is -0.394 e. The van der Waals surface area contributed by atoms with E-state index in [1.54, 1.807) is 7.05 Å². The van der Waals surface area contributed by atoms with Gasteiger partial charge in [0.1, 0.15) is 4.90 Å². The van der Waals surface area contributed by atoms with Crippen molar-refractivity contribution in [3.63, 3.8) is 0 Å². The topological polar surface area (TPSA) is 75.4 Å². The van der Waals surface area contributed by atoms with Gasteiger partial charge in [-0.05, 0) is 13.3 Å². The first kappa shape index (κ1) is 14.1. The molecule has 1 N–H and O–H groups in total. The Labute approximate surface area is 102 Å². The Hall–Kier alpha value is -0.920. The van der Waals surface area contributed by atoms with E-state index in [-0.39, 0.29) is 17.5 Å². The summed E-state index contributed by atoms with van der Waals surface area (Å²) < 4.78 is 27.1. The second-order valence-corrected chi connectivity index (χ2v) is 5.94. The van der Waals surface area contributed by atoms with Crippen molar-refractivity contribution in [1.82, 2.24) is 14.1 Å². The lowest BCUT2D eigenvalue weighted by Gasteiger charge is -2.22. The zero-order chi connectivity index (χ0) is 13.1. The lowest BCUT2D eigenvalue weighted by molar-refractivity contribution is 0.269. The molecule has 0 aliphatic rings. The van der Waals surface area contributed by atoms with Crippen LogP contribution in [-0.4, -0.2) is 47.3 Å². The van der Waals surface area contributed by atoms with Crippen LogP contribution in [-0.2, 0) is 16.6 Å². The fourth-order valence-corrected chi connectivity index (χ4v) is 2.75. The van der Waals surface area contributed by atoms with E-state index in [1.807, 2.05) is 13.8 Å². The molecule has 1 heterocycles. The quantitative estimate of drug-likeness (QED) is 0.799. The Morgan fingerprint density at radius 1 is 1.59 bits per heavy atom. The highest BCUT2D eigenvalue weighted by Gasteiger charge is 2.25. The van der Waals surface area contributed by atoms with E-state index in [0.717, 1.165) is 6.42 Å². The maximum absolute atomic E-state index is 12.2. The van der Waals surface area contributed by atoms with Gasteiger partial charge in [-0.15, -0.1) is 0 Å². The molecule has 7 heteroatoms. The zero-order valence-electron chi connectivity index (χ0n) is 10.4.